The van der Waals surface area contributed by atoms with Crippen molar-refractivity contribution in [2.45, 2.75) is 11.1 Å². The second-order valence-electron chi connectivity index (χ2n) is 4.96. The van der Waals surface area contributed by atoms with Crippen LogP contribution in [0.4, 0.5) is 13.2 Å². The molecule has 0 unspecified atom stereocenters. The molecular formula is C15H11F3N2O5S. The average Bonchev–Trinajstić information content (AvgIpc) is 2.59. The highest BCUT2D eigenvalue weighted by Crippen LogP contribution is 2.29. The predicted octanol–water partition coefficient (Wildman–Crippen LogP) is 2.03. The molecule has 0 radical (unpaired) electrons. The summed E-state index contributed by atoms with van der Waals surface area (Å²) in [5.41, 5.74) is 0.588. The first-order valence-corrected chi connectivity index (χ1v) is 8.32. The third kappa shape index (κ3) is 4.58. The van der Waals surface area contributed by atoms with Gasteiger partial charge in [0.15, 0.2) is 0 Å². The number of hydrogen-bond acceptors (Lipinski definition) is 4. The van der Waals surface area contributed by atoms with E-state index < -0.39 is 33.6 Å². The number of aromatic carboxylic acids is 1. The first kappa shape index (κ1) is 19.4. The smallest absolute Gasteiger partial charge is 0.416 e. The molecule has 0 atom stereocenters. The van der Waals surface area contributed by atoms with Gasteiger partial charge in [-0.25, -0.2) is 13.2 Å². The summed E-state index contributed by atoms with van der Waals surface area (Å²) >= 11 is 0. The Bertz CT molecular complexity index is 923. The van der Waals surface area contributed by atoms with Crippen LogP contribution in [-0.2, 0) is 16.2 Å². The zero-order valence-corrected chi connectivity index (χ0v) is 13.6. The molecule has 2 aromatic carbocycles. The monoisotopic (exact) mass is 388 g/mol. The minimum atomic E-state index is -4.56. The number of carboxylic acids is 1. The Morgan fingerprint density at radius 1 is 0.885 bits per heavy atom. The van der Waals surface area contributed by atoms with E-state index >= 15 is 0 Å². The van der Waals surface area contributed by atoms with Gasteiger partial charge in [-0.1, -0.05) is 0 Å². The van der Waals surface area contributed by atoms with Crippen molar-refractivity contribution in [1.29, 1.82) is 0 Å². The van der Waals surface area contributed by atoms with E-state index in [-0.39, 0.29) is 16.0 Å². The van der Waals surface area contributed by atoms with Gasteiger partial charge >= 0.3 is 12.1 Å². The molecule has 0 aliphatic heterocycles. The second-order valence-corrected chi connectivity index (χ2v) is 6.65. The van der Waals surface area contributed by atoms with Crippen LogP contribution >= 0.6 is 0 Å². The molecule has 0 saturated heterocycles. The number of sulfonamides is 1. The number of alkyl halides is 3. The molecule has 1 amide bonds. The van der Waals surface area contributed by atoms with Crippen LogP contribution in [0.2, 0.25) is 0 Å². The quantitative estimate of drug-likeness (QED) is 0.679. The van der Waals surface area contributed by atoms with E-state index in [1.54, 1.807) is 4.83 Å². The highest BCUT2D eigenvalue weighted by Gasteiger charge is 2.30. The lowest BCUT2D eigenvalue weighted by Crippen LogP contribution is -2.41. The van der Waals surface area contributed by atoms with Crippen LogP contribution in [0, 0.1) is 0 Å². The lowest BCUT2D eigenvalue weighted by molar-refractivity contribution is -0.137. The van der Waals surface area contributed by atoms with Crippen LogP contribution in [0.3, 0.4) is 0 Å². The number of rotatable bonds is 5. The molecule has 2 aromatic rings. The maximum absolute atomic E-state index is 12.5. The molecule has 0 aliphatic rings. The number of carbonyl (C=O) groups is 2. The van der Waals surface area contributed by atoms with Gasteiger partial charge in [0.25, 0.3) is 15.9 Å². The third-order valence-corrected chi connectivity index (χ3v) is 4.45. The molecule has 0 bridgehead atoms. The fourth-order valence-corrected chi connectivity index (χ4v) is 2.67. The van der Waals surface area contributed by atoms with Gasteiger partial charge in [0, 0.05) is 5.56 Å². The number of amides is 1. The van der Waals surface area contributed by atoms with Crippen molar-refractivity contribution in [3.8, 4) is 0 Å². The Hall–Kier alpha value is -2.92. The average molecular weight is 388 g/mol. The molecule has 0 saturated carbocycles. The third-order valence-electron chi connectivity index (χ3n) is 3.18. The fourth-order valence-electron chi connectivity index (χ4n) is 1.83. The normalized spacial score (nSPS) is 11.8. The number of benzene rings is 2. The zero-order valence-electron chi connectivity index (χ0n) is 12.7. The number of carboxylic acid groups (broad SMARTS) is 1. The molecule has 2 rings (SSSR count). The van der Waals surface area contributed by atoms with E-state index in [1.807, 2.05) is 5.43 Å². The number of nitrogens with one attached hydrogen (secondary N) is 2. The van der Waals surface area contributed by atoms with Crippen LogP contribution in [0.25, 0.3) is 0 Å². The van der Waals surface area contributed by atoms with E-state index in [0.717, 1.165) is 36.4 Å². The summed E-state index contributed by atoms with van der Waals surface area (Å²) in [6.45, 7) is 0. The molecule has 11 heteroatoms. The minimum absolute atomic E-state index is 0.127. The fraction of sp³-hybridized carbons (Fsp3) is 0.0667. The van der Waals surface area contributed by atoms with Gasteiger partial charge in [-0.3, -0.25) is 10.2 Å². The minimum Gasteiger partial charge on any atom is -0.478 e. The van der Waals surface area contributed by atoms with Crippen molar-refractivity contribution in [3.63, 3.8) is 0 Å². The maximum Gasteiger partial charge on any atom is 0.416 e. The van der Waals surface area contributed by atoms with E-state index in [9.17, 15) is 31.2 Å². The topological polar surface area (TPSA) is 113 Å². The van der Waals surface area contributed by atoms with Crippen LogP contribution in [0.5, 0.6) is 0 Å². The van der Waals surface area contributed by atoms with Crippen LogP contribution in [0.15, 0.2) is 53.4 Å². The van der Waals surface area contributed by atoms with E-state index in [4.69, 9.17) is 5.11 Å². The number of halogens is 3. The summed E-state index contributed by atoms with van der Waals surface area (Å²) in [5, 5.41) is 8.76. The molecule has 0 spiro atoms. The van der Waals surface area contributed by atoms with Crippen molar-refractivity contribution in [2.24, 2.45) is 0 Å². The summed E-state index contributed by atoms with van der Waals surface area (Å²) in [5.74, 6) is -2.21. The molecule has 0 heterocycles. The Kier molecular flexibility index (Phi) is 5.33. The highest BCUT2D eigenvalue weighted by molar-refractivity contribution is 7.89. The molecule has 7 nitrogen and oxygen atoms in total. The Labute approximate surface area is 145 Å². The largest absolute Gasteiger partial charge is 0.478 e. The Morgan fingerprint density at radius 2 is 1.38 bits per heavy atom. The molecule has 0 fully saturated rings. The van der Waals surface area contributed by atoms with Crippen molar-refractivity contribution in [2.75, 3.05) is 0 Å². The van der Waals surface area contributed by atoms with Crippen molar-refractivity contribution < 1.29 is 36.3 Å². The Balaban J connectivity index is 2.06. The lowest BCUT2D eigenvalue weighted by atomic mass is 10.1. The molecule has 138 valence electrons. The number of carbonyl (C=O) groups excluding carboxylic acids is 1. The van der Waals surface area contributed by atoms with Gasteiger partial charge in [0.05, 0.1) is 16.0 Å². The number of hydrazine groups is 1. The van der Waals surface area contributed by atoms with Gasteiger partial charge in [-0.05, 0) is 48.5 Å². The summed E-state index contributed by atoms with van der Waals surface area (Å²) < 4.78 is 61.4. The molecule has 0 aromatic heterocycles. The van der Waals surface area contributed by atoms with Crippen LogP contribution in [-0.4, -0.2) is 25.4 Å². The van der Waals surface area contributed by atoms with Crippen molar-refractivity contribution in [1.82, 2.24) is 10.3 Å². The summed E-state index contributed by atoms with van der Waals surface area (Å²) in [6.07, 6.45) is -4.56. The van der Waals surface area contributed by atoms with E-state index in [0.29, 0.717) is 12.1 Å². The van der Waals surface area contributed by atoms with Gasteiger partial charge in [-0.15, -0.1) is 4.83 Å². The Morgan fingerprint density at radius 3 is 1.85 bits per heavy atom. The second kappa shape index (κ2) is 7.14. The SMILES string of the molecule is O=C(O)c1ccc(S(=O)(=O)NNC(=O)c2ccc(C(F)(F)F)cc2)cc1. The molecular weight excluding hydrogens is 377 g/mol. The summed E-state index contributed by atoms with van der Waals surface area (Å²) in [6, 6.07) is 7.35. The van der Waals surface area contributed by atoms with Crippen LogP contribution < -0.4 is 10.3 Å². The number of hydrogen-bond donors (Lipinski definition) is 3. The van der Waals surface area contributed by atoms with Crippen molar-refractivity contribution >= 4 is 21.9 Å². The first-order valence-electron chi connectivity index (χ1n) is 6.83. The highest BCUT2D eigenvalue weighted by atomic mass is 32.2. The standard InChI is InChI=1S/C15H11F3N2O5S/c16-15(17,18)11-5-1-9(2-6-11)13(21)19-20-26(24,25)12-7-3-10(4-8-12)14(22)23/h1-8,20H,(H,19,21)(H,22,23). The lowest BCUT2D eigenvalue weighted by Gasteiger charge is -2.10. The molecule has 26 heavy (non-hydrogen) atoms. The molecule has 3 N–H and O–H groups in total. The van der Waals surface area contributed by atoms with E-state index in [1.165, 1.54) is 0 Å². The van der Waals surface area contributed by atoms with Crippen molar-refractivity contribution in [3.05, 3.63) is 65.2 Å². The zero-order chi connectivity index (χ0) is 19.5. The van der Waals surface area contributed by atoms with Gasteiger partial charge < -0.3 is 5.11 Å². The van der Waals surface area contributed by atoms with Gasteiger partial charge in [0.1, 0.15) is 0 Å². The maximum atomic E-state index is 12.5. The summed E-state index contributed by atoms with van der Waals surface area (Å²) in [4.78, 5) is 24.0. The molecule has 0 aliphatic carbocycles. The van der Waals surface area contributed by atoms with E-state index in [2.05, 4.69) is 0 Å². The van der Waals surface area contributed by atoms with Gasteiger partial charge in [-0.2, -0.15) is 13.2 Å². The van der Waals surface area contributed by atoms with Crippen LogP contribution in [0.1, 0.15) is 26.3 Å². The first-order chi connectivity index (χ1) is 12.0. The predicted molar refractivity (Wildman–Crippen MR) is 82.6 cm³/mol. The van der Waals surface area contributed by atoms with Gasteiger partial charge in [0.2, 0.25) is 0 Å². The summed E-state index contributed by atoms with van der Waals surface area (Å²) in [7, 11) is -4.19.